The Hall–Kier alpha value is -2.62. The number of rotatable bonds is 0. The summed E-state index contributed by atoms with van der Waals surface area (Å²) in [4.78, 5) is 0. The van der Waals surface area contributed by atoms with E-state index in [0.717, 1.165) is 5.56 Å². The van der Waals surface area contributed by atoms with Gasteiger partial charge in [-0.25, -0.2) is 5.16 Å². The first kappa shape index (κ1) is 11.9. The third-order valence-electron chi connectivity index (χ3n) is 2.04. The molecule has 2 aliphatic rings. The number of H-pyrrole nitrogens is 1. The maximum absolute atomic E-state index is 5.16. The van der Waals surface area contributed by atoms with Crippen LogP contribution < -0.4 is 0 Å². The molecule has 2 rings (SSSR count). The monoisotopic (exact) mass is 243 g/mol. The molecule has 18 heavy (non-hydrogen) atoms. The molecular formula is C14H13NO3. The molecule has 0 atom stereocenters. The van der Waals surface area contributed by atoms with Crippen LogP contribution in [0.25, 0.3) is 11.3 Å². The average Bonchev–Trinajstić information content (AvgIpc) is 2.81. The lowest BCUT2D eigenvalue weighted by molar-refractivity contribution is 0.417. The van der Waals surface area contributed by atoms with E-state index in [1.54, 1.807) is 18.5 Å². The molecule has 92 valence electrons. The van der Waals surface area contributed by atoms with E-state index >= 15 is 0 Å². The van der Waals surface area contributed by atoms with E-state index in [2.05, 4.69) is 5.16 Å². The van der Waals surface area contributed by atoms with Gasteiger partial charge in [0, 0.05) is 11.8 Å². The molecule has 0 fully saturated rings. The molecule has 0 saturated carbocycles. The molecule has 0 aromatic carbocycles. The second-order valence-corrected chi connectivity index (χ2v) is 3.30. The van der Waals surface area contributed by atoms with Crippen molar-refractivity contribution in [2.24, 2.45) is 0 Å². The second kappa shape index (κ2) is 6.85. The Morgan fingerprint density at radius 1 is 0.778 bits per heavy atom. The summed E-state index contributed by atoms with van der Waals surface area (Å²) in [6.07, 6.45) is 7.63. The van der Waals surface area contributed by atoms with Crippen molar-refractivity contribution in [1.29, 1.82) is 0 Å². The van der Waals surface area contributed by atoms with E-state index in [1.165, 1.54) is 18.8 Å². The molecule has 4 nitrogen and oxygen atoms in total. The summed E-state index contributed by atoms with van der Waals surface area (Å²) in [5.41, 5.74) is 0.894. The molecule has 0 saturated heterocycles. The van der Waals surface area contributed by atoms with Crippen LogP contribution in [0.4, 0.5) is 0 Å². The molecule has 1 N–H and O–H groups in total. The van der Waals surface area contributed by atoms with Gasteiger partial charge in [-0.05, 0) is 12.1 Å². The predicted octanol–water partition coefficient (Wildman–Crippen LogP) is 4.27. The standard InChI is InChI=1S/C14H13NO3/c1-2-4-6-8-16-9-10-17-12-14-13(7-5-3-1)11-15-18-14/h1-12,15H. The molecule has 0 spiro atoms. The van der Waals surface area contributed by atoms with Gasteiger partial charge >= 0.3 is 0 Å². The Balaban J connectivity index is 2.47. The fourth-order valence-electron chi connectivity index (χ4n) is 1.23. The Bertz CT molecular complexity index is 538. The minimum atomic E-state index is 0.602. The zero-order valence-electron chi connectivity index (χ0n) is 9.65. The predicted molar refractivity (Wildman–Crippen MR) is 67.1 cm³/mol. The SMILES string of the molecule is c1ccccc2c[nH]oc-2coccoccc1. The molecule has 0 unspecified atom stereocenters. The number of fused-ring (bicyclic) bond motifs is 1. The van der Waals surface area contributed by atoms with Crippen molar-refractivity contribution in [1.82, 2.24) is 5.16 Å². The van der Waals surface area contributed by atoms with Crippen molar-refractivity contribution < 1.29 is 13.4 Å². The number of hydrogen-bond acceptors (Lipinski definition) is 3. The fourth-order valence-corrected chi connectivity index (χ4v) is 1.23. The first-order valence-corrected chi connectivity index (χ1v) is 5.42. The maximum Gasteiger partial charge on any atom is 0.198 e. The van der Waals surface area contributed by atoms with Crippen molar-refractivity contribution >= 4 is 0 Å². The summed E-state index contributed by atoms with van der Waals surface area (Å²) in [7, 11) is 0. The average molecular weight is 243 g/mol. The lowest BCUT2D eigenvalue weighted by Crippen LogP contribution is -1.63. The largest absolute Gasteiger partial charge is 0.469 e. The smallest absolute Gasteiger partial charge is 0.198 e. The van der Waals surface area contributed by atoms with Gasteiger partial charge in [0.15, 0.2) is 5.76 Å². The molecule has 4 heteroatoms. The highest BCUT2D eigenvalue weighted by atomic mass is 16.5. The van der Waals surface area contributed by atoms with E-state index in [0.29, 0.717) is 5.76 Å². The Kier molecular flexibility index (Phi) is 4.51. The van der Waals surface area contributed by atoms with Crippen LogP contribution in [0.5, 0.6) is 0 Å². The van der Waals surface area contributed by atoms with Gasteiger partial charge in [0.1, 0.15) is 18.8 Å². The number of aromatic nitrogens is 1. The molecule has 0 radical (unpaired) electrons. The van der Waals surface area contributed by atoms with Crippen LogP contribution in [0.1, 0.15) is 0 Å². The third kappa shape index (κ3) is 3.75. The van der Waals surface area contributed by atoms with Gasteiger partial charge in [-0.15, -0.1) is 0 Å². The first-order chi connectivity index (χ1) is 8.97. The minimum absolute atomic E-state index is 0.602. The molecule has 0 aromatic heterocycles. The summed E-state index contributed by atoms with van der Waals surface area (Å²) in [5, 5.41) is 2.66. The van der Waals surface area contributed by atoms with Crippen LogP contribution in [0.2, 0.25) is 0 Å². The van der Waals surface area contributed by atoms with Gasteiger partial charge in [-0.3, -0.25) is 0 Å². The fraction of sp³-hybridized carbons (Fsp3) is 0. The lowest BCUT2D eigenvalue weighted by atomic mass is 10.3. The van der Waals surface area contributed by atoms with Gasteiger partial charge in [0.25, 0.3) is 0 Å². The van der Waals surface area contributed by atoms with Gasteiger partial charge < -0.3 is 13.4 Å². The number of hydrogen-bond donors (Lipinski definition) is 1. The van der Waals surface area contributed by atoms with Crippen molar-refractivity contribution in [3.05, 3.63) is 73.7 Å². The summed E-state index contributed by atoms with van der Waals surface area (Å²) in [6, 6.07) is 13.2. The quantitative estimate of drug-likeness (QED) is 0.751. The molecular weight excluding hydrogens is 230 g/mol. The zero-order chi connectivity index (χ0) is 12.5. The van der Waals surface area contributed by atoms with Crippen molar-refractivity contribution in [2.75, 3.05) is 0 Å². The summed E-state index contributed by atoms with van der Waals surface area (Å²) < 4.78 is 15.3. The van der Waals surface area contributed by atoms with E-state index in [9.17, 15) is 0 Å². The second-order valence-electron chi connectivity index (χ2n) is 3.30. The van der Waals surface area contributed by atoms with Crippen molar-refractivity contribution in [3.63, 3.8) is 0 Å². The molecule has 0 aromatic rings. The third-order valence-corrected chi connectivity index (χ3v) is 2.04. The van der Waals surface area contributed by atoms with Crippen molar-refractivity contribution in [2.45, 2.75) is 0 Å². The van der Waals surface area contributed by atoms with Gasteiger partial charge in [-0.1, -0.05) is 30.3 Å². The summed E-state index contributed by atoms with van der Waals surface area (Å²) in [5.74, 6) is 0.602. The van der Waals surface area contributed by atoms with Crippen LogP contribution in [0, 0.1) is 0 Å². The molecule has 2 heterocycles. The highest BCUT2D eigenvalue weighted by Crippen LogP contribution is 2.16. The normalized spacial score (nSPS) is 9.11. The van der Waals surface area contributed by atoms with Gasteiger partial charge in [0.05, 0.1) is 6.26 Å². The molecule has 0 bridgehead atoms. The summed E-state index contributed by atoms with van der Waals surface area (Å²) in [6.45, 7) is 0. The van der Waals surface area contributed by atoms with Crippen LogP contribution >= 0.6 is 0 Å². The summed E-state index contributed by atoms with van der Waals surface area (Å²) >= 11 is 0. The van der Waals surface area contributed by atoms with E-state index in [-0.39, 0.29) is 0 Å². The first-order valence-electron chi connectivity index (χ1n) is 5.42. The van der Waals surface area contributed by atoms with Crippen LogP contribution in [0.3, 0.4) is 0 Å². The molecule has 0 aliphatic carbocycles. The number of aromatic amines is 1. The Labute approximate surface area is 104 Å². The van der Waals surface area contributed by atoms with E-state index in [4.69, 9.17) is 13.4 Å². The molecule has 2 aliphatic heterocycles. The number of nitrogens with one attached hydrogen (secondary N) is 1. The van der Waals surface area contributed by atoms with Crippen LogP contribution in [-0.2, 0) is 0 Å². The lowest BCUT2D eigenvalue weighted by Gasteiger charge is -1.83. The van der Waals surface area contributed by atoms with E-state index < -0.39 is 0 Å². The van der Waals surface area contributed by atoms with Gasteiger partial charge in [0.2, 0.25) is 0 Å². The van der Waals surface area contributed by atoms with E-state index in [1.807, 2.05) is 36.4 Å². The van der Waals surface area contributed by atoms with Crippen LogP contribution in [0.15, 0.2) is 87.1 Å². The van der Waals surface area contributed by atoms with Crippen LogP contribution in [-0.4, -0.2) is 5.16 Å². The Morgan fingerprint density at radius 2 is 1.56 bits per heavy atom. The minimum Gasteiger partial charge on any atom is -0.469 e. The maximum atomic E-state index is 5.16. The van der Waals surface area contributed by atoms with Gasteiger partial charge in [-0.2, -0.15) is 0 Å². The highest BCUT2D eigenvalue weighted by molar-refractivity contribution is 5.53. The molecule has 0 amide bonds. The Morgan fingerprint density at radius 3 is 2.50 bits per heavy atom. The van der Waals surface area contributed by atoms with Crippen molar-refractivity contribution in [3.8, 4) is 11.3 Å². The topological polar surface area (TPSA) is 55.2 Å². The zero-order valence-corrected chi connectivity index (χ0v) is 9.65. The highest BCUT2D eigenvalue weighted by Gasteiger charge is 1.99.